The number of nitrogen functional groups attached to an aromatic ring is 1. The molecule has 106 valence electrons. The Labute approximate surface area is 118 Å². The number of rotatable bonds is 5. The lowest BCUT2D eigenvalue weighted by Crippen LogP contribution is -2.32. The molecule has 0 aliphatic heterocycles. The number of thiazole rings is 1. The van der Waals surface area contributed by atoms with Crippen molar-refractivity contribution >= 4 is 28.2 Å². The van der Waals surface area contributed by atoms with Crippen LogP contribution >= 0.6 is 11.3 Å². The number of carbonyl (C=O) groups excluding carboxylic acids is 1. The average molecular weight is 282 g/mol. The average Bonchev–Trinajstić information content (AvgIpc) is 2.93. The molecule has 1 aromatic rings. The second-order valence-corrected chi connectivity index (χ2v) is 6.25. The van der Waals surface area contributed by atoms with Crippen LogP contribution in [0.3, 0.4) is 0 Å². The largest absolute Gasteiger partial charge is 0.382 e. The molecule has 1 aromatic heterocycles. The van der Waals surface area contributed by atoms with Gasteiger partial charge in [-0.15, -0.1) is 0 Å². The van der Waals surface area contributed by atoms with Crippen molar-refractivity contribution in [3.8, 4) is 0 Å². The molecule has 0 radical (unpaired) electrons. The van der Waals surface area contributed by atoms with Gasteiger partial charge in [0.2, 0.25) is 0 Å². The molecule has 19 heavy (non-hydrogen) atoms. The number of hydrogen-bond acceptors (Lipinski definition) is 5. The molecule has 1 aliphatic rings. The van der Waals surface area contributed by atoms with Gasteiger partial charge in [-0.25, -0.2) is 4.98 Å². The predicted octanol–water partition coefficient (Wildman–Crippen LogP) is 2.47. The molecule has 2 atom stereocenters. The van der Waals surface area contributed by atoms with Gasteiger partial charge in [0.1, 0.15) is 10.7 Å². The highest BCUT2D eigenvalue weighted by atomic mass is 32.1. The number of aromatic nitrogens is 1. The zero-order valence-electron chi connectivity index (χ0n) is 11.5. The van der Waals surface area contributed by atoms with Crippen molar-refractivity contribution in [1.29, 1.82) is 0 Å². The number of nitrogens with zero attached hydrogens (tertiary/aromatic N) is 1. The van der Waals surface area contributed by atoms with Crippen molar-refractivity contribution in [3.63, 3.8) is 0 Å². The lowest BCUT2D eigenvalue weighted by atomic mass is 10.1. The van der Waals surface area contributed by atoms with Gasteiger partial charge in [-0.3, -0.25) is 4.79 Å². The maximum Gasteiger partial charge on any atom is 0.265 e. The van der Waals surface area contributed by atoms with Gasteiger partial charge in [0.25, 0.3) is 5.91 Å². The summed E-state index contributed by atoms with van der Waals surface area (Å²) in [7, 11) is 0. The van der Waals surface area contributed by atoms with E-state index in [1.807, 2.05) is 0 Å². The van der Waals surface area contributed by atoms with Crippen molar-refractivity contribution in [2.24, 2.45) is 5.92 Å². The van der Waals surface area contributed by atoms with E-state index in [4.69, 9.17) is 5.73 Å². The minimum absolute atomic E-state index is 0.0846. The molecule has 5 nitrogen and oxygen atoms in total. The van der Waals surface area contributed by atoms with E-state index >= 15 is 0 Å². The molecule has 0 bridgehead atoms. The molecule has 4 N–H and O–H groups in total. The smallest absolute Gasteiger partial charge is 0.265 e. The van der Waals surface area contributed by atoms with Crippen LogP contribution in [0.4, 0.5) is 10.9 Å². The monoisotopic (exact) mass is 282 g/mol. The second kappa shape index (κ2) is 6.23. The maximum absolute atomic E-state index is 12.2. The zero-order valence-corrected chi connectivity index (χ0v) is 12.3. The molecule has 1 saturated carbocycles. The van der Waals surface area contributed by atoms with Crippen LogP contribution in [0.1, 0.15) is 49.2 Å². The molecule has 1 aliphatic carbocycles. The first-order valence-electron chi connectivity index (χ1n) is 6.91. The quantitative estimate of drug-likeness (QED) is 0.775. The Morgan fingerprint density at radius 3 is 2.95 bits per heavy atom. The van der Waals surface area contributed by atoms with Crippen LogP contribution in [0.15, 0.2) is 0 Å². The summed E-state index contributed by atoms with van der Waals surface area (Å²) < 4.78 is 0. The minimum Gasteiger partial charge on any atom is -0.382 e. The van der Waals surface area contributed by atoms with Crippen molar-refractivity contribution < 1.29 is 4.79 Å². The highest BCUT2D eigenvalue weighted by molar-refractivity contribution is 7.18. The molecule has 0 aromatic carbocycles. The third-order valence-electron chi connectivity index (χ3n) is 3.42. The highest BCUT2D eigenvalue weighted by Gasteiger charge is 2.25. The van der Waals surface area contributed by atoms with Gasteiger partial charge >= 0.3 is 0 Å². The van der Waals surface area contributed by atoms with Crippen molar-refractivity contribution in [2.45, 2.75) is 45.6 Å². The predicted molar refractivity (Wildman–Crippen MR) is 79.6 cm³/mol. The standard InChI is InChI=1S/C13H22N4OS/c1-3-6-15-13-17-11(14)10(19-13)12(18)16-9-5-4-8(2)7-9/h8-9H,3-7,14H2,1-2H3,(H,15,17)(H,16,18). The number of carbonyl (C=O) groups is 1. The molecule has 1 heterocycles. The van der Waals surface area contributed by atoms with Gasteiger partial charge in [0, 0.05) is 12.6 Å². The van der Waals surface area contributed by atoms with Crippen LogP contribution in [0.2, 0.25) is 0 Å². The highest BCUT2D eigenvalue weighted by Crippen LogP contribution is 2.27. The lowest BCUT2D eigenvalue weighted by molar-refractivity contribution is 0.0942. The summed E-state index contributed by atoms with van der Waals surface area (Å²) in [6, 6.07) is 0.288. The maximum atomic E-state index is 12.2. The summed E-state index contributed by atoms with van der Waals surface area (Å²) in [5.74, 6) is 0.941. The van der Waals surface area contributed by atoms with E-state index in [1.165, 1.54) is 17.8 Å². The Hall–Kier alpha value is -1.30. The summed E-state index contributed by atoms with van der Waals surface area (Å²) >= 11 is 1.33. The Balaban J connectivity index is 1.96. The number of nitrogens with two attached hydrogens (primary N) is 1. The first-order chi connectivity index (χ1) is 9.10. The SMILES string of the molecule is CCCNc1nc(N)c(C(=O)NC2CCC(C)C2)s1. The van der Waals surface area contributed by atoms with Crippen LogP contribution in [0.25, 0.3) is 0 Å². The summed E-state index contributed by atoms with van der Waals surface area (Å²) in [5.41, 5.74) is 5.81. The Morgan fingerprint density at radius 1 is 1.53 bits per heavy atom. The van der Waals surface area contributed by atoms with E-state index in [9.17, 15) is 4.79 Å². The van der Waals surface area contributed by atoms with Gasteiger partial charge in [0.15, 0.2) is 5.13 Å². The van der Waals surface area contributed by atoms with E-state index in [2.05, 4.69) is 29.5 Å². The first kappa shape index (κ1) is 14.1. The minimum atomic E-state index is -0.0846. The van der Waals surface area contributed by atoms with Gasteiger partial charge in [-0.05, 0) is 31.6 Å². The van der Waals surface area contributed by atoms with Gasteiger partial charge in [0.05, 0.1) is 0 Å². The molecule has 1 amide bonds. The molecule has 0 saturated heterocycles. The van der Waals surface area contributed by atoms with E-state index < -0.39 is 0 Å². The van der Waals surface area contributed by atoms with Crippen molar-refractivity contribution in [2.75, 3.05) is 17.6 Å². The number of hydrogen-bond donors (Lipinski definition) is 3. The topological polar surface area (TPSA) is 80.0 Å². The zero-order chi connectivity index (χ0) is 13.8. The molecule has 6 heteroatoms. The summed E-state index contributed by atoms with van der Waals surface area (Å²) in [5, 5.41) is 6.94. The lowest BCUT2D eigenvalue weighted by Gasteiger charge is -2.11. The van der Waals surface area contributed by atoms with Crippen molar-refractivity contribution in [1.82, 2.24) is 10.3 Å². The van der Waals surface area contributed by atoms with Crippen LogP contribution in [0.5, 0.6) is 0 Å². The van der Waals surface area contributed by atoms with Gasteiger partial charge in [-0.1, -0.05) is 25.2 Å². The third kappa shape index (κ3) is 3.59. The fourth-order valence-electron chi connectivity index (χ4n) is 2.39. The third-order valence-corrected chi connectivity index (χ3v) is 4.44. The van der Waals surface area contributed by atoms with Crippen LogP contribution < -0.4 is 16.4 Å². The Kier molecular flexibility index (Phi) is 4.63. The van der Waals surface area contributed by atoms with Crippen LogP contribution in [-0.2, 0) is 0 Å². The van der Waals surface area contributed by atoms with Crippen LogP contribution in [0, 0.1) is 5.92 Å². The fraction of sp³-hybridized carbons (Fsp3) is 0.692. The van der Waals surface area contributed by atoms with E-state index in [-0.39, 0.29) is 11.9 Å². The molecule has 0 spiro atoms. The van der Waals surface area contributed by atoms with E-state index in [0.29, 0.717) is 16.6 Å². The van der Waals surface area contributed by atoms with E-state index in [1.54, 1.807) is 0 Å². The molecule has 1 fully saturated rings. The first-order valence-corrected chi connectivity index (χ1v) is 7.72. The number of nitrogens with one attached hydrogen (secondary N) is 2. The van der Waals surface area contributed by atoms with E-state index in [0.717, 1.165) is 30.9 Å². The van der Waals surface area contributed by atoms with Crippen molar-refractivity contribution in [3.05, 3.63) is 4.88 Å². The fourth-order valence-corrected chi connectivity index (χ4v) is 3.20. The number of amides is 1. The normalized spacial score (nSPS) is 22.4. The van der Waals surface area contributed by atoms with Gasteiger partial charge < -0.3 is 16.4 Å². The van der Waals surface area contributed by atoms with Crippen LogP contribution in [-0.4, -0.2) is 23.5 Å². The molecular weight excluding hydrogens is 260 g/mol. The summed E-state index contributed by atoms with van der Waals surface area (Å²) in [6.45, 7) is 5.15. The molecule has 2 rings (SSSR count). The summed E-state index contributed by atoms with van der Waals surface area (Å²) in [4.78, 5) is 16.9. The molecular formula is C13H22N4OS. The molecule has 2 unspecified atom stereocenters. The van der Waals surface area contributed by atoms with Gasteiger partial charge in [-0.2, -0.15) is 0 Å². The Bertz CT molecular complexity index is 446. The number of anilines is 2. The second-order valence-electron chi connectivity index (χ2n) is 5.25. The summed E-state index contributed by atoms with van der Waals surface area (Å²) in [6.07, 6.45) is 4.32. The Morgan fingerprint density at radius 2 is 2.32 bits per heavy atom.